The molecule has 1 fully saturated rings. The Bertz CT molecular complexity index is 1670. The summed E-state index contributed by atoms with van der Waals surface area (Å²) in [6.45, 7) is 3.34. The molecule has 0 aliphatic heterocycles. The van der Waals surface area contributed by atoms with E-state index in [0.717, 1.165) is 28.5 Å². The van der Waals surface area contributed by atoms with Crippen molar-refractivity contribution in [1.82, 2.24) is 14.1 Å². The Hall–Kier alpha value is -4.53. The molecule has 37 heavy (non-hydrogen) atoms. The number of pyridine rings is 1. The van der Waals surface area contributed by atoms with Gasteiger partial charge in [0.25, 0.3) is 5.56 Å². The van der Waals surface area contributed by atoms with Crippen LogP contribution in [0.4, 0.5) is 5.69 Å². The van der Waals surface area contributed by atoms with Crippen molar-refractivity contribution in [3.8, 4) is 5.69 Å². The average molecular weight is 499 g/mol. The van der Waals surface area contributed by atoms with Crippen LogP contribution in [-0.2, 0) is 16.1 Å². The number of ether oxygens (including phenoxy) is 1. The molecule has 0 saturated heterocycles. The molecule has 2 aromatic heterocycles. The Labute approximate surface area is 212 Å². The van der Waals surface area contributed by atoms with Crippen LogP contribution in [0.15, 0.2) is 64.2 Å². The minimum Gasteiger partial charge on any atom is -0.465 e. The predicted octanol–water partition coefficient (Wildman–Crippen LogP) is 3.47. The highest BCUT2D eigenvalue weighted by Crippen LogP contribution is 2.40. The molecule has 4 aromatic rings. The summed E-state index contributed by atoms with van der Waals surface area (Å²) in [7, 11) is 1.23. The van der Waals surface area contributed by atoms with Gasteiger partial charge in [0, 0.05) is 17.3 Å². The lowest BCUT2D eigenvalue weighted by molar-refractivity contribution is -0.116. The third-order valence-corrected chi connectivity index (χ3v) is 6.62. The Morgan fingerprint density at radius 2 is 1.76 bits per heavy atom. The zero-order chi connectivity index (χ0) is 26.3. The SMILES string of the molecule is COC(=O)c1cc(C2CC2)nc2c1c(=O)n(CC(=O)Nc1ccc(C)c(C)c1)c(=O)n2-c1ccccc1. The summed E-state index contributed by atoms with van der Waals surface area (Å²) in [6.07, 6.45) is 1.81. The third-order valence-electron chi connectivity index (χ3n) is 6.62. The van der Waals surface area contributed by atoms with Gasteiger partial charge in [-0.3, -0.25) is 9.59 Å². The Kier molecular flexibility index (Phi) is 6.20. The molecular weight excluding hydrogens is 472 g/mol. The van der Waals surface area contributed by atoms with Crippen LogP contribution < -0.4 is 16.6 Å². The molecule has 1 saturated carbocycles. The Balaban J connectivity index is 1.71. The zero-order valence-electron chi connectivity index (χ0n) is 20.8. The molecule has 1 aliphatic carbocycles. The van der Waals surface area contributed by atoms with Crippen molar-refractivity contribution in [2.24, 2.45) is 0 Å². The number of anilines is 1. The number of aromatic nitrogens is 3. The fourth-order valence-corrected chi connectivity index (χ4v) is 4.33. The first kappa shape index (κ1) is 24.2. The van der Waals surface area contributed by atoms with Crippen LogP contribution >= 0.6 is 0 Å². The number of carbonyl (C=O) groups excluding carboxylic acids is 2. The number of carbonyl (C=O) groups is 2. The summed E-state index contributed by atoms with van der Waals surface area (Å²) >= 11 is 0. The smallest absolute Gasteiger partial charge is 0.338 e. The quantitative estimate of drug-likeness (QED) is 0.408. The van der Waals surface area contributed by atoms with Crippen LogP contribution in [0.2, 0.25) is 0 Å². The van der Waals surface area contributed by atoms with Gasteiger partial charge in [0.2, 0.25) is 5.91 Å². The van der Waals surface area contributed by atoms with Crippen LogP contribution in [0.1, 0.15) is 45.9 Å². The summed E-state index contributed by atoms with van der Waals surface area (Å²) in [4.78, 5) is 57.8. The first-order valence-electron chi connectivity index (χ1n) is 12.0. The number of hydrogen-bond donors (Lipinski definition) is 1. The van der Waals surface area contributed by atoms with E-state index in [1.807, 2.05) is 26.0 Å². The highest BCUT2D eigenvalue weighted by Gasteiger charge is 2.30. The largest absolute Gasteiger partial charge is 0.465 e. The molecule has 9 nitrogen and oxygen atoms in total. The maximum Gasteiger partial charge on any atom is 0.338 e. The number of amides is 1. The number of para-hydroxylation sites is 1. The van der Waals surface area contributed by atoms with E-state index >= 15 is 0 Å². The minimum absolute atomic E-state index is 0.0207. The molecule has 0 spiro atoms. The van der Waals surface area contributed by atoms with Gasteiger partial charge in [-0.25, -0.2) is 23.7 Å². The van der Waals surface area contributed by atoms with E-state index in [0.29, 0.717) is 17.1 Å². The van der Waals surface area contributed by atoms with Crippen molar-refractivity contribution in [3.63, 3.8) is 0 Å². The normalized spacial score (nSPS) is 12.9. The van der Waals surface area contributed by atoms with Crippen LogP contribution in [0.5, 0.6) is 0 Å². The maximum atomic E-state index is 13.7. The number of nitrogens with zero attached hydrogens (tertiary/aromatic N) is 3. The van der Waals surface area contributed by atoms with E-state index in [9.17, 15) is 19.2 Å². The lowest BCUT2D eigenvalue weighted by atomic mass is 10.1. The molecule has 5 rings (SSSR count). The molecule has 1 N–H and O–H groups in total. The molecule has 1 amide bonds. The molecular formula is C28H26N4O5. The Morgan fingerprint density at radius 3 is 2.41 bits per heavy atom. The number of methoxy groups -OCH3 is 1. The first-order chi connectivity index (χ1) is 17.8. The standard InChI is InChI=1S/C28H26N4O5/c1-16-9-12-19(13-17(16)2)29-23(33)15-31-26(34)24-21(27(35)37-3)14-22(18-10-11-18)30-25(24)32(28(31)36)20-7-5-4-6-8-20/h4-9,12-14,18H,10-11,15H2,1-3H3,(H,29,33). The van der Waals surface area contributed by atoms with Gasteiger partial charge in [-0.15, -0.1) is 0 Å². The highest BCUT2D eigenvalue weighted by molar-refractivity contribution is 6.02. The van der Waals surface area contributed by atoms with Gasteiger partial charge < -0.3 is 10.1 Å². The lowest BCUT2D eigenvalue weighted by Crippen LogP contribution is -2.43. The average Bonchev–Trinajstić information content (AvgIpc) is 3.74. The van der Waals surface area contributed by atoms with Gasteiger partial charge in [-0.05, 0) is 68.1 Å². The second-order valence-corrected chi connectivity index (χ2v) is 9.25. The van der Waals surface area contributed by atoms with Crippen LogP contribution in [0.3, 0.4) is 0 Å². The second-order valence-electron chi connectivity index (χ2n) is 9.25. The summed E-state index contributed by atoms with van der Waals surface area (Å²) in [6, 6.07) is 15.7. The van der Waals surface area contributed by atoms with E-state index < -0.39 is 29.7 Å². The van der Waals surface area contributed by atoms with Crippen molar-refractivity contribution in [1.29, 1.82) is 0 Å². The molecule has 0 bridgehead atoms. The molecule has 1 aliphatic rings. The van der Waals surface area contributed by atoms with Crippen molar-refractivity contribution < 1.29 is 14.3 Å². The van der Waals surface area contributed by atoms with Crippen molar-refractivity contribution >= 4 is 28.6 Å². The predicted molar refractivity (Wildman–Crippen MR) is 139 cm³/mol. The number of aryl methyl sites for hydroxylation is 2. The van der Waals surface area contributed by atoms with Gasteiger partial charge in [-0.1, -0.05) is 24.3 Å². The van der Waals surface area contributed by atoms with Crippen molar-refractivity contribution in [2.75, 3.05) is 12.4 Å². The summed E-state index contributed by atoms with van der Waals surface area (Å²) in [5, 5.41) is 2.68. The zero-order valence-corrected chi connectivity index (χ0v) is 20.8. The third kappa shape index (κ3) is 4.55. The molecule has 188 valence electrons. The van der Waals surface area contributed by atoms with E-state index in [4.69, 9.17) is 4.74 Å². The highest BCUT2D eigenvalue weighted by atomic mass is 16.5. The van der Waals surface area contributed by atoms with Gasteiger partial charge in [0.15, 0.2) is 5.65 Å². The Morgan fingerprint density at radius 1 is 1.03 bits per heavy atom. The number of fused-ring (bicyclic) bond motifs is 1. The lowest BCUT2D eigenvalue weighted by Gasteiger charge is -2.16. The fourth-order valence-electron chi connectivity index (χ4n) is 4.33. The first-order valence-corrected chi connectivity index (χ1v) is 12.0. The maximum absolute atomic E-state index is 13.7. The molecule has 2 aromatic carbocycles. The topological polar surface area (TPSA) is 112 Å². The second kappa shape index (κ2) is 9.50. The monoisotopic (exact) mass is 498 g/mol. The van der Waals surface area contributed by atoms with Crippen molar-refractivity contribution in [3.05, 3.63) is 97.8 Å². The van der Waals surface area contributed by atoms with Gasteiger partial charge >= 0.3 is 11.7 Å². The summed E-state index contributed by atoms with van der Waals surface area (Å²) in [5.74, 6) is -1.11. The van der Waals surface area contributed by atoms with E-state index in [2.05, 4.69) is 10.3 Å². The van der Waals surface area contributed by atoms with Crippen LogP contribution in [-0.4, -0.2) is 33.1 Å². The molecule has 2 heterocycles. The van der Waals surface area contributed by atoms with Crippen LogP contribution in [0, 0.1) is 13.8 Å². The molecule has 0 atom stereocenters. The van der Waals surface area contributed by atoms with E-state index in [1.165, 1.54) is 11.7 Å². The number of esters is 1. The summed E-state index contributed by atoms with van der Waals surface area (Å²) < 4.78 is 7.08. The minimum atomic E-state index is -0.780. The van der Waals surface area contributed by atoms with Crippen molar-refractivity contribution in [2.45, 2.75) is 39.2 Å². The van der Waals surface area contributed by atoms with Gasteiger partial charge in [-0.2, -0.15) is 0 Å². The van der Waals surface area contributed by atoms with Crippen LogP contribution in [0.25, 0.3) is 16.7 Å². The molecule has 0 unspecified atom stereocenters. The van der Waals surface area contributed by atoms with E-state index in [-0.39, 0.29) is 22.5 Å². The number of hydrogen-bond acceptors (Lipinski definition) is 6. The number of benzene rings is 2. The number of rotatable bonds is 6. The molecule has 9 heteroatoms. The number of nitrogens with one attached hydrogen (secondary N) is 1. The van der Waals surface area contributed by atoms with E-state index in [1.54, 1.807) is 42.5 Å². The summed E-state index contributed by atoms with van der Waals surface area (Å²) in [5.41, 5.74) is 2.28. The fraction of sp³-hybridized carbons (Fsp3) is 0.250. The van der Waals surface area contributed by atoms with Gasteiger partial charge in [0.1, 0.15) is 6.54 Å². The van der Waals surface area contributed by atoms with Gasteiger partial charge in [0.05, 0.1) is 23.7 Å². The molecule has 0 radical (unpaired) electrons.